The summed E-state index contributed by atoms with van der Waals surface area (Å²) in [5.74, 6) is 2.52. The van der Waals surface area contributed by atoms with Gasteiger partial charge in [-0.2, -0.15) is 24.0 Å². The van der Waals surface area contributed by atoms with Gasteiger partial charge in [0.25, 0.3) is 0 Å². The molecule has 1 heterocycles. The Hall–Kier alpha value is -0.713. The molecule has 7 fully saturated rings. The second-order valence-electron chi connectivity index (χ2n) is 21.3. The first-order chi connectivity index (χ1) is 28.7. The number of hydrogen-bond donors (Lipinski definition) is 2. The van der Waals surface area contributed by atoms with Crippen LogP contribution in [0.4, 0.5) is 17.6 Å². The van der Waals surface area contributed by atoms with Crippen LogP contribution in [0.5, 0.6) is 0 Å². The summed E-state index contributed by atoms with van der Waals surface area (Å²) in [4.78, 5) is 0.294. The molecule has 6 aliphatic carbocycles. The Balaban J connectivity index is 0.000000484. The number of halogens is 4. The Bertz CT molecular complexity index is 1650. The van der Waals surface area contributed by atoms with Crippen molar-refractivity contribution in [3.63, 3.8) is 0 Å². The topological polar surface area (TPSA) is 106 Å². The Morgan fingerprint density at radius 3 is 1.81 bits per heavy atom. The normalized spacial score (nSPS) is 39.7. The maximum absolute atomic E-state index is 14.4. The molecule has 7 nitrogen and oxygen atoms in total. The van der Waals surface area contributed by atoms with Crippen LogP contribution in [0.15, 0.2) is 35.2 Å². The van der Waals surface area contributed by atoms with Crippen molar-refractivity contribution in [2.75, 3.05) is 6.61 Å². The summed E-state index contributed by atoms with van der Waals surface area (Å²) < 4.78 is 92.6. The zero-order chi connectivity index (χ0) is 44.4. The zero-order valence-electron chi connectivity index (χ0n) is 38.6. The Morgan fingerprint density at radius 2 is 1.30 bits per heavy atom. The molecule has 10 atom stereocenters. The fourth-order valence-electron chi connectivity index (χ4n) is 13.7. The summed E-state index contributed by atoms with van der Waals surface area (Å²) in [6, 6.07) is 8.66. The third-order valence-electron chi connectivity index (χ3n) is 17.5. The number of aliphatic hydroxyl groups is 2. The van der Waals surface area contributed by atoms with E-state index in [1.807, 2.05) is 13.0 Å². The van der Waals surface area contributed by atoms with Crippen molar-refractivity contribution >= 4 is 9.84 Å². The van der Waals surface area contributed by atoms with E-state index in [-0.39, 0.29) is 87.3 Å². The van der Waals surface area contributed by atoms with Crippen LogP contribution < -0.4 is 18.9 Å². The molecule has 0 bridgehead atoms. The molecular weight excluding hydrogens is 840 g/mol. The molecule has 1 unspecified atom stereocenters. The van der Waals surface area contributed by atoms with E-state index in [9.17, 15) is 36.2 Å². The molecular formula is C51H85F4LiO7S. The Kier molecular flexibility index (Phi) is 20.9. The smallest absolute Gasteiger partial charge is 0.390 e. The van der Waals surface area contributed by atoms with Gasteiger partial charge >= 0.3 is 32.1 Å². The largest absolute Gasteiger partial charge is 1.00 e. The van der Waals surface area contributed by atoms with Gasteiger partial charge in [0.05, 0.1) is 45.8 Å². The first-order valence-electron chi connectivity index (χ1n) is 23.7. The minimum absolute atomic E-state index is 0. The van der Waals surface area contributed by atoms with E-state index in [4.69, 9.17) is 9.47 Å². The van der Waals surface area contributed by atoms with Crippen LogP contribution in [0.1, 0.15) is 178 Å². The number of benzene rings is 1. The summed E-state index contributed by atoms with van der Waals surface area (Å²) in [6.45, 7) is 10.1. The second kappa shape index (κ2) is 23.3. The number of fused-ring (bicyclic) bond motifs is 5. The number of ether oxygens (including phenoxy) is 3. The minimum Gasteiger partial charge on any atom is -0.390 e. The van der Waals surface area contributed by atoms with Crippen LogP contribution in [0.2, 0.25) is 0 Å². The quantitative estimate of drug-likeness (QED) is 0.0986. The van der Waals surface area contributed by atoms with Crippen LogP contribution in [-0.4, -0.2) is 72.7 Å². The number of unbranched alkanes of at least 4 members (excludes halogenated alkanes) is 1. The van der Waals surface area contributed by atoms with Crippen molar-refractivity contribution < 1.29 is 69.3 Å². The molecule has 1 aromatic rings. The molecule has 1 aromatic carbocycles. The van der Waals surface area contributed by atoms with E-state index < -0.39 is 45.6 Å². The zero-order valence-corrected chi connectivity index (χ0v) is 39.5. The Morgan fingerprint density at radius 1 is 0.766 bits per heavy atom. The molecule has 0 aromatic heterocycles. The van der Waals surface area contributed by atoms with Gasteiger partial charge in [0.15, 0.2) is 9.84 Å². The molecule has 6 saturated carbocycles. The van der Waals surface area contributed by atoms with Crippen molar-refractivity contribution in [2.45, 2.75) is 230 Å². The predicted molar refractivity (Wildman–Crippen MR) is 243 cm³/mol. The van der Waals surface area contributed by atoms with Crippen LogP contribution in [0.3, 0.4) is 0 Å². The third kappa shape index (κ3) is 13.1. The number of rotatable bonds is 11. The molecule has 0 radical (unpaired) electrons. The molecule has 366 valence electrons. The summed E-state index contributed by atoms with van der Waals surface area (Å²) in [5, 5.41) is 21.9. The molecule has 1 spiro atoms. The molecule has 2 N–H and O–H groups in total. The van der Waals surface area contributed by atoms with Crippen LogP contribution >= 0.6 is 0 Å². The number of hydrogen-bond acceptors (Lipinski definition) is 7. The van der Waals surface area contributed by atoms with Gasteiger partial charge in [0.1, 0.15) is 0 Å². The maximum Gasteiger partial charge on any atom is 1.00 e. The molecule has 1 saturated heterocycles. The second-order valence-corrected chi connectivity index (χ2v) is 23.5. The monoisotopic (exact) mass is 925 g/mol. The Labute approximate surface area is 397 Å². The third-order valence-corrected chi connectivity index (χ3v) is 19.8. The van der Waals surface area contributed by atoms with Crippen molar-refractivity contribution in [3.05, 3.63) is 37.3 Å². The van der Waals surface area contributed by atoms with E-state index in [1.165, 1.54) is 25.7 Å². The van der Waals surface area contributed by atoms with E-state index in [2.05, 4.69) is 39.4 Å². The van der Waals surface area contributed by atoms with Crippen molar-refractivity contribution in [1.82, 2.24) is 0 Å². The maximum atomic E-state index is 14.4. The van der Waals surface area contributed by atoms with E-state index in [1.54, 1.807) is 24.3 Å². The van der Waals surface area contributed by atoms with Crippen LogP contribution in [0.25, 0.3) is 0 Å². The summed E-state index contributed by atoms with van der Waals surface area (Å²) in [7, 11) is -3.77. The molecule has 0 amide bonds. The van der Waals surface area contributed by atoms with Gasteiger partial charge in [-0.15, -0.1) is 0 Å². The van der Waals surface area contributed by atoms with Gasteiger partial charge in [0, 0.05) is 0 Å². The summed E-state index contributed by atoms with van der Waals surface area (Å²) in [5.41, 5.74) is -1.39. The fourth-order valence-corrected chi connectivity index (χ4v) is 15.9. The van der Waals surface area contributed by atoms with E-state index >= 15 is 0 Å². The van der Waals surface area contributed by atoms with Gasteiger partial charge in [-0.25, -0.2) is 8.42 Å². The van der Waals surface area contributed by atoms with Crippen molar-refractivity contribution in [2.24, 2.45) is 46.3 Å². The van der Waals surface area contributed by atoms with E-state index in [0.29, 0.717) is 54.3 Å². The molecule has 8 rings (SSSR count). The molecule has 64 heavy (non-hydrogen) atoms. The number of sulfone groups is 1. The number of epoxide rings is 1. The van der Waals surface area contributed by atoms with Crippen LogP contribution in [0, 0.1) is 53.3 Å². The summed E-state index contributed by atoms with van der Waals surface area (Å²) >= 11 is 0. The minimum atomic E-state index is -3.77. The number of alkyl halides is 4. The van der Waals surface area contributed by atoms with Gasteiger partial charge in [-0.1, -0.05) is 67.2 Å². The predicted octanol–water partition coefficient (Wildman–Crippen LogP) is 10.0. The van der Waals surface area contributed by atoms with Gasteiger partial charge in [-0.05, 0) is 181 Å². The SMILES string of the molecule is C.C.C[C@H](C(CC1(O)CCC(OC(F)F)CC1)S(=O)(=O)c1ccccc1)[C@H]1CC[C@H]2[C@@H]3CC[C@H]4C[C@@](C)(O)CC[C@]4(C)[C@H]3CC[C@]12C.FC(F)OC1CCC2(CC1)CO2.[CH2-]CCC.[Li+]. The fraction of sp³-hybridized carbons (Fsp3) is 0.863. The van der Waals surface area contributed by atoms with Gasteiger partial charge < -0.3 is 31.3 Å². The van der Waals surface area contributed by atoms with Gasteiger partial charge in [-0.3, -0.25) is 0 Å². The van der Waals surface area contributed by atoms with Crippen molar-refractivity contribution in [3.8, 4) is 0 Å². The average Bonchev–Trinajstić information content (AvgIpc) is 3.88. The first kappa shape index (κ1) is 57.6. The molecule has 13 heteroatoms. The van der Waals surface area contributed by atoms with Crippen molar-refractivity contribution in [1.29, 1.82) is 0 Å². The van der Waals surface area contributed by atoms with Crippen LogP contribution in [-0.2, 0) is 24.0 Å². The average molecular weight is 925 g/mol. The standard InChI is InChI=1S/C37H56F2O5S.C8H12F2O2.C4H9.2CH4.Li/c1-24(32(45(42,43)27-8-6-5-7-9-27)23-37(41)18-14-26(15-19-37)44-33(38)39)29-12-13-30-28-11-10-25-22-34(2,40)20-21-35(25,3)31(28)16-17-36(29,30)4;9-7(10)12-6-1-3-8(4-2-6)5-11-8;1-3-4-2;;;/h5-9,24-26,28-33,40-41H,10-23H2,1-4H3;6-7H,1-5H2;1,3-4H2,2H3;2*1H4;/q;;-1;;;+1/t24-,25-,26?,28-,29+,30-,31-,32?,34-,35-,36+,37?;;;;;/m0...../s1. The molecule has 7 aliphatic rings. The molecule has 1 aliphatic heterocycles. The first-order valence-corrected chi connectivity index (χ1v) is 25.3. The summed E-state index contributed by atoms with van der Waals surface area (Å²) in [6.07, 6.45) is 15.5. The van der Waals surface area contributed by atoms with Gasteiger partial charge in [0.2, 0.25) is 0 Å². The van der Waals surface area contributed by atoms with E-state index in [0.717, 1.165) is 64.4 Å².